The van der Waals surface area contributed by atoms with Crippen molar-refractivity contribution in [1.82, 2.24) is 0 Å². The number of aliphatic hydroxyl groups excluding tert-OH is 6. The van der Waals surface area contributed by atoms with Gasteiger partial charge in [-0.3, -0.25) is 10.1 Å². The second kappa shape index (κ2) is 17.6. The van der Waals surface area contributed by atoms with E-state index in [-0.39, 0.29) is 58.3 Å². The van der Waals surface area contributed by atoms with Crippen LogP contribution in [0.25, 0.3) is 0 Å². The molecule has 64 heavy (non-hydrogen) atoms. The number of aliphatic hydroxyl groups is 6. The highest BCUT2D eigenvalue weighted by molar-refractivity contribution is 5.85. The molecule has 0 bridgehead atoms. The average molecular weight is 910 g/mol. The van der Waals surface area contributed by atoms with Gasteiger partial charge in [-0.05, 0) is 97.5 Å². The monoisotopic (exact) mass is 909 g/mol. The number of carbonyl (C=O) groups is 2. The van der Waals surface area contributed by atoms with Crippen molar-refractivity contribution in [2.24, 2.45) is 52.3 Å². The van der Waals surface area contributed by atoms with Crippen LogP contribution in [0.15, 0.2) is 18.2 Å². The first kappa shape index (κ1) is 46.6. The largest absolute Gasteiger partial charge is 0.446 e. The molecule has 4 saturated carbocycles. The molecular weight excluding hydrogens is 844 g/mol. The molecule has 0 aromatic heterocycles. The molecule has 4 aliphatic carbocycles. The number of ether oxygens (including phenoxy) is 7. The van der Waals surface area contributed by atoms with Gasteiger partial charge in [0.1, 0.15) is 72.9 Å². The predicted molar refractivity (Wildman–Crippen MR) is 218 cm³/mol. The van der Waals surface area contributed by atoms with Gasteiger partial charge < -0.3 is 63.8 Å². The number of anilines is 1. The minimum Gasteiger partial charge on any atom is -0.446 e. The van der Waals surface area contributed by atoms with Gasteiger partial charge in [0.15, 0.2) is 18.4 Å². The van der Waals surface area contributed by atoms with E-state index in [9.17, 15) is 49.0 Å². The van der Waals surface area contributed by atoms with Crippen LogP contribution in [0.4, 0.5) is 19.3 Å². The first-order valence-electron chi connectivity index (χ1n) is 23.2. The smallest absolute Gasteiger partial charge is 0.411 e. The number of carbonyl (C=O) groups excluding carboxylic acids is 2. The van der Waals surface area contributed by atoms with E-state index in [1.165, 1.54) is 0 Å². The number of hydrogen-bond acceptors (Lipinski definition) is 15. The zero-order valence-corrected chi connectivity index (χ0v) is 36.8. The molecule has 3 unspecified atom stereocenters. The van der Waals surface area contributed by atoms with Gasteiger partial charge in [0.2, 0.25) is 0 Å². The number of nitrogens with one attached hydrogen (secondary N) is 1. The third-order valence-electron chi connectivity index (χ3n) is 17.2. The van der Waals surface area contributed by atoms with E-state index in [0.29, 0.717) is 49.6 Å². The summed E-state index contributed by atoms with van der Waals surface area (Å²) < 4.78 is 69.5. The lowest BCUT2D eigenvalue weighted by Gasteiger charge is -2.60. The Hall–Kier alpha value is -2.46. The molecule has 1 amide bonds. The Bertz CT molecular complexity index is 1890. The van der Waals surface area contributed by atoms with Crippen molar-refractivity contribution < 1.29 is 82.2 Å². The van der Waals surface area contributed by atoms with Crippen LogP contribution in [-0.4, -0.2) is 142 Å². The lowest BCUT2D eigenvalue weighted by molar-refractivity contribution is -0.364. The Balaban J connectivity index is 0.803. The Labute approximate surface area is 371 Å². The summed E-state index contributed by atoms with van der Waals surface area (Å²) in [5, 5.41) is 67.1. The third-order valence-corrected chi connectivity index (χ3v) is 17.2. The highest BCUT2D eigenvalue weighted by Gasteiger charge is 2.71. The number of benzene rings is 1. The summed E-state index contributed by atoms with van der Waals surface area (Å²) in [4.78, 5) is 26.9. The average Bonchev–Trinajstić information content (AvgIpc) is 3.70. The zero-order chi connectivity index (χ0) is 45.6. The molecule has 1 aromatic carbocycles. The molecular formula is C46H65F2NO15. The maximum Gasteiger partial charge on any atom is 0.411 e. The van der Waals surface area contributed by atoms with E-state index in [1.807, 2.05) is 0 Å². The molecule has 9 rings (SSSR count). The molecule has 18 heteroatoms. The van der Waals surface area contributed by atoms with Gasteiger partial charge in [-0.1, -0.05) is 27.7 Å². The van der Waals surface area contributed by atoms with Gasteiger partial charge in [0.05, 0.1) is 31.1 Å². The van der Waals surface area contributed by atoms with E-state index < -0.39 is 98.1 Å². The second-order valence-corrected chi connectivity index (χ2v) is 20.9. The SMILES string of the molecule is CC1C2C(C[C@H]3[C@@H]4CC[C@H]5C[C@@H](O[C@@H]6O[C@H](CO)[C@@H](O[C@@H]7O[C@H](COC(=O)Nc8ccc(F)cc8F)[C@@H](O)[C@H](O)[C@H]7O)[C@H](O)[C@H]6O)CC[C@]5(C)[C@H]4C(=O)C[C@]23C)O[C@]12CC[C@@H](C)CO2. The fraction of sp³-hybridized carbons (Fsp3) is 0.826. The predicted octanol–water partition coefficient (Wildman–Crippen LogP) is 3.16. The highest BCUT2D eigenvalue weighted by Crippen LogP contribution is 2.70. The molecule has 16 nitrogen and oxygen atoms in total. The number of rotatable bonds is 8. The first-order valence-corrected chi connectivity index (χ1v) is 23.2. The van der Waals surface area contributed by atoms with Crippen LogP contribution in [0.2, 0.25) is 0 Å². The Kier molecular flexibility index (Phi) is 12.8. The van der Waals surface area contributed by atoms with Gasteiger partial charge in [-0.2, -0.15) is 0 Å². The minimum absolute atomic E-state index is 0.0681. The van der Waals surface area contributed by atoms with Crippen LogP contribution in [0.1, 0.15) is 85.5 Å². The van der Waals surface area contributed by atoms with Crippen LogP contribution in [-0.2, 0) is 38.0 Å². The molecule has 8 aliphatic rings. The molecule has 1 aromatic rings. The molecule has 4 heterocycles. The summed E-state index contributed by atoms with van der Waals surface area (Å²) in [6, 6.07) is 2.45. The van der Waals surface area contributed by atoms with Crippen molar-refractivity contribution in [3.63, 3.8) is 0 Å². The van der Waals surface area contributed by atoms with Crippen LogP contribution >= 0.6 is 0 Å². The van der Waals surface area contributed by atoms with Crippen LogP contribution in [0.5, 0.6) is 0 Å². The lowest BCUT2D eigenvalue weighted by Crippen LogP contribution is -2.65. The number of hydrogen-bond donors (Lipinski definition) is 7. The maximum absolute atomic E-state index is 14.6. The first-order chi connectivity index (χ1) is 30.4. The molecule has 358 valence electrons. The number of fused-ring (bicyclic) bond motifs is 7. The topological polar surface area (TPSA) is 232 Å². The van der Waals surface area contributed by atoms with Crippen LogP contribution in [0, 0.1) is 63.9 Å². The normalized spacial score (nSPS) is 50.0. The van der Waals surface area contributed by atoms with Crippen LogP contribution in [0.3, 0.4) is 0 Å². The molecule has 4 aliphatic heterocycles. The summed E-state index contributed by atoms with van der Waals surface area (Å²) >= 11 is 0. The van der Waals surface area contributed by atoms with Gasteiger partial charge in [-0.25, -0.2) is 13.6 Å². The summed E-state index contributed by atoms with van der Waals surface area (Å²) in [6.45, 7) is 8.37. The number of ketones is 1. The van der Waals surface area contributed by atoms with Crippen LogP contribution < -0.4 is 5.32 Å². The van der Waals surface area contributed by atoms with Gasteiger partial charge in [0.25, 0.3) is 0 Å². The van der Waals surface area contributed by atoms with Gasteiger partial charge in [-0.15, -0.1) is 0 Å². The van der Waals surface area contributed by atoms with Crippen molar-refractivity contribution in [2.45, 2.75) is 165 Å². The fourth-order valence-corrected chi connectivity index (χ4v) is 13.9. The second-order valence-electron chi connectivity index (χ2n) is 20.9. The standard InChI is InChI=1S/C46H65F2NO15/c1-20-9-12-46(59-18-20)21(2)33-30(64-46)15-26-25-7-5-22-13-24(10-11-44(22,3)34(25)29(51)16-45(26,33)4)60-41-39(56)37(54)40(31(17-50)61-41)63-42-38(55)36(53)35(52)32(62-42)19-58-43(57)49-28-8-6-23(47)14-27(28)48/h6,8,14,20-22,24-26,30-42,50,52-56H,5,7,9-13,15-19H2,1-4H3,(H,49,57)/t20-,21?,22+,24+,25+,26+,30?,31-,32-,33?,34-,35-,36+,37-,38-,39-,40-,41-,42+,44+,45+,46-/m1/s1. The molecule has 4 saturated heterocycles. The van der Waals surface area contributed by atoms with Crippen molar-refractivity contribution in [2.75, 3.05) is 25.1 Å². The van der Waals surface area contributed by atoms with Crippen molar-refractivity contribution in [3.05, 3.63) is 29.8 Å². The lowest BCUT2D eigenvalue weighted by atomic mass is 9.44. The fourth-order valence-electron chi connectivity index (χ4n) is 13.9. The van der Waals surface area contributed by atoms with Crippen molar-refractivity contribution >= 4 is 17.6 Å². The van der Waals surface area contributed by atoms with E-state index in [2.05, 4.69) is 33.0 Å². The molecule has 22 atom stereocenters. The van der Waals surface area contributed by atoms with Crippen molar-refractivity contribution in [3.8, 4) is 0 Å². The van der Waals surface area contributed by atoms with E-state index in [1.54, 1.807) is 0 Å². The van der Waals surface area contributed by atoms with E-state index >= 15 is 0 Å². The highest BCUT2D eigenvalue weighted by atomic mass is 19.1. The molecule has 1 spiro atoms. The Morgan fingerprint density at radius 1 is 0.875 bits per heavy atom. The van der Waals surface area contributed by atoms with Gasteiger partial charge in [0, 0.05) is 30.7 Å². The molecule has 0 radical (unpaired) electrons. The zero-order valence-electron chi connectivity index (χ0n) is 36.8. The maximum atomic E-state index is 14.6. The Morgan fingerprint density at radius 2 is 1.61 bits per heavy atom. The van der Waals surface area contributed by atoms with E-state index in [0.717, 1.165) is 50.7 Å². The van der Waals surface area contributed by atoms with Crippen molar-refractivity contribution in [1.29, 1.82) is 0 Å². The summed E-state index contributed by atoms with van der Waals surface area (Å²) in [5.74, 6) is -0.356. The number of Topliss-reactive ketones (excluding diaryl/α,β-unsaturated/α-hetero) is 1. The van der Waals surface area contributed by atoms with E-state index in [4.69, 9.17) is 33.2 Å². The summed E-state index contributed by atoms with van der Waals surface area (Å²) in [6.07, 6.45) is -10.8. The summed E-state index contributed by atoms with van der Waals surface area (Å²) in [5.41, 5.74) is -0.768. The number of halogens is 2. The Morgan fingerprint density at radius 3 is 2.33 bits per heavy atom. The quantitative estimate of drug-likeness (QED) is 0.186. The molecule has 7 N–H and O–H groups in total. The summed E-state index contributed by atoms with van der Waals surface area (Å²) in [7, 11) is 0. The third kappa shape index (κ3) is 7.92. The number of amides is 1. The minimum atomic E-state index is -1.90. The van der Waals surface area contributed by atoms with Gasteiger partial charge >= 0.3 is 6.09 Å². The molecule has 8 fully saturated rings.